The molecule has 0 spiro atoms. The smallest absolute Gasteiger partial charge is 0.319 e. The number of thioether (sulfide) groups is 1. The molecule has 0 aliphatic carbocycles. The summed E-state index contributed by atoms with van der Waals surface area (Å²) in [6.45, 7) is 0.624. The van der Waals surface area contributed by atoms with E-state index in [9.17, 15) is 18.8 Å². The first kappa shape index (κ1) is 24.4. The molecule has 3 aromatic rings. The molecule has 35 heavy (non-hydrogen) atoms. The molecule has 1 aliphatic rings. The van der Waals surface area contributed by atoms with E-state index >= 15 is 0 Å². The van der Waals surface area contributed by atoms with E-state index in [-0.39, 0.29) is 35.1 Å². The molecule has 1 saturated heterocycles. The van der Waals surface area contributed by atoms with Gasteiger partial charge in [0.2, 0.25) is 5.91 Å². The molecule has 1 aliphatic heterocycles. The van der Waals surface area contributed by atoms with E-state index in [1.807, 2.05) is 6.07 Å². The Hall–Kier alpha value is -3.76. The van der Waals surface area contributed by atoms with E-state index in [1.165, 1.54) is 24.0 Å². The quantitative estimate of drug-likeness (QED) is 0.409. The van der Waals surface area contributed by atoms with Gasteiger partial charge in [-0.25, -0.2) is 4.39 Å². The van der Waals surface area contributed by atoms with Crippen molar-refractivity contribution >= 4 is 40.9 Å². The molecule has 2 amide bonds. The van der Waals surface area contributed by atoms with Gasteiger partial charge in [0.05, 0.1) is 24.2 Å². The predicted molar refractivity (Wildman–Crippen MR) is 132 cm³/mol. The van der Waals surface area contributed by atoms with Crippen LogP contribution in [0.2, 0.25) is 0 Å². The summed E-state index contributed by atoms with van der Waals surface area (Å²) in [6, 6.07) is 13.6. The van der Waals surface area contributed by atoms with Crippen LogP contribution in [0.3, 0.4) is 0 Å². The van der Waals surface area contributed by atoms with Crippen molar-refractivity contribution in [2.24, 2.45) is 5.73 Å². The number of hydrogen-bond donors (Lipinski definition) is 3. The number of cyclic esters (lactones) is 1. The van der Waals surface area contributed by atoms with E-state index in [0.29, 0.717) is 24.3 Å². The minimum absolute atomic E-state index is 0.0305. The molecule has 4 rings (SSSR count). The SMILES string of the molecule is NCc1ccc(C(=O)Nc2ccncc2F)cc1-c1cccc(NC(=O)CS[C@@H]2CCOC2=O)c1. The Kier molecular flexibility index (Phi) is 7.74. The third-order valence-electron chi connectivity index (χ3n) is 5.37. The second kappa shape index (κ2) is 11.1. The highest BCUT2D eigenvalue weighted by atomic mass is 32.2. The van der Waals surface area contributed by atoms with Gasteiger partial charge in [-0.3, -0.25) is 19.4 Å². The molecule has 0 radical (unpaired) electrons. The summed E-state index contributed by atoms with van der Waals surface area (Å²) in [5, 5.41) is 5.07. The first-order chi connectivity index (χ1) is 16.9. The van der Waals surface area contributed by atoms with Crippen LogP contribution in [-0.4, -0.2) is 40.4 Å². The largest absolute Gasteiger partial charge is 0.465 e. The number of amides is 2. The molecule has 2 aromatic carbocycles. The number of aromatic nitrogens is 1. The van der Waals surface area contributed by atoms with Crippen molar-refractivity contribution in [1.82, 2.24) is 4.98 Å². The van der Waals surface area contributed by atoms with Gasteiger partial charge in [-0.2, -0.15) is 0 Å². The fourth-order valence-corrected chi connectivity index (χ4v) is 4.49. The summed E-state index contributed by atoms with van der Waals surface area (Å²) >= 11 is 1.25. The molecule has 0 unspecified atom stereocenters. The molecule has 1 fully saturated rings. The van der Waals surface area contributed by atoms with Crippen molar-refractivity contribution in [3.05, 3.63) is 77.9 Å². The van der Waals surface area contributed by atoms with Crippen molar-refractivity contribution < 1.29 is 23.5 Å². The summed E-state index contributed by atoms with van der Waals surface area (Å²) in [5.41, 5.74) is 9.11. The number of halogens is 1. The zero-order valence-electron chi connectivity index (χ0n) is 18.6. The molecule has 0 saturated carbocycles. The fourth-order valence-electron chi connectivity index (χ4n) is 3.60. The van der Waals surface area contributed by atoms with Crippen LogP contribution in [0.15, 0.2) is 60.9 Å². The molecule has 8 nitrogen and oxygen atoms in total. The maximum absolute atomic E-state index is 13.9. The normalized spacial score (nSPS) is 14.9. The summed E-state index contributed by atoms with van der Waals surface area (Å²) in [5.74, 6) is -1.51. The first-order valence-corrected chi connectivity index (χ1v) is 11.9. The Labute approximate surface area is 205 Å². The van der Waals surface area contributed by atoms with Crippen LogP contribution in [-0.2, 0) is 20.9 Å². The van der Waals surface area contributed by atoms with Crippen LogP contribution in [0.4, 0.5) is 15.8 Å². The number of nitrogens with one attached hydrogen (secondary N) is 2. The highest BCUT2D eigenvalue weighted by molar-refractivity contribution is 8.01. The van der Waals surface area contributed by atoms with Gasteiger partial charge >= 0.3 is 5.97 Å². The summed E-state index contributed by atoms with van der Waals surface area (Å²) in [7, 11) is 0. The van der Waals surface area contributed by atoms with Gasteiger partial charge in [0.1, 0.15) is 5.25 Å². The number of carbonyl (C=O) groups is 3. The molecule has 1 aromatic heterocycles. The Bertz CT molecular complexity index is 1270. The van der Waals surface area contributed by atoms with Crippen LogP contribution >= 0.6 is 11.8 Å². The number of nitrogens with two attached hydrogens (primary N) is 1. The third kappa shape index (κ3) is 6.03. The van der Waals surface area contributed by atoms with Gasteiger partial charge in [-0.05, 0) is 47.0 Å². The second-order valence-corrected chi connectivity index (χ2v) is 8.96. The van der Waals surface area contributed by atoms with Crippen LogP contribution in [0.5, 0.6) is 0 Å². The van der Waals surface area contributed by atoms with Crippen LogP contribution in [0.1, 0.15) is 22.3 Å². The Morgan fingerprint density at radius 3 is 2.77 bits per heavy atom. The standard InChI is InChI=1S/C25H23FN4O4S/c26-20-13-28-8-6-21(20)30-24(32)16-4-5-17(12-27)19(11-16)15-2-1-3-18(10-15)29-23(31)14-35-22-7-9-34-25(22)33/h1-6,8,10-11,13,22H,7,9,12,14,27H2,(H,29,31)(H,28,30,32)/t22-/m1/s1. The minimum Gasteiger partial charge on any atom is -0.465 e. The number of carbonyl (C=O) groups excluding carboxylic acids is 3. The lowest BCUT2D eigenvalue weighted by molar-refractivity contribution is -0.137. The molecule has 2 heterocycles. The summed E-state index contributed by atoms with van der Waals surface area (Å²) in [6.07, 6.45) is 3.02. The van der Waals surface area contributed by atoms with Crippen molar-refractivity contribution in [2.45, 2.75) is 18.2 Å². The highest BCUT2D eigenvalue weighted by Crippen LogP contribution is 2.28. The van der Waals surface area contributed by atoms with Crippen LogP contribution in [0.25, 0.3) is 11.1 Å². The molecular weight excluding hydrogens is 471 g/mol. The van der Waals surface area contributed by atoms with Gasteiger partial charge in [0.25, 0.3) is 5.91 Å². The molecule has 0 bridgehead atoms. The molecular formula is C25H23FN4O4S. The summed E-state index contributed by atoms with van der Waals surface area (Å²) in [4.78, 5) is 40.4. The fraction of sp³-hybridized carbons (Fsp3) is 0.200. The number of nitrogens with zero attached hydrogens (tertiary/aromatic N) is 1. The molecule has 1 atom stereocenters. The zero-order chi connectivity index (χ0) is 24.8. The number of pyridine rings is 1. The summed E-state index contributed by atoms with van der Waals surface area (Å²) < 4.78 is 18.8. The van der Waals surface area contributed by atoms with Crippen molar-refractivity contribution in [3.63, 3.8) is 0 Å². The Morgan fingerprint density at radius 2 is 2.03 bits per heavy atom. The van der Waals surface area contributed by atoms with Gasteiger partial charge < -0.3 is 21.1 Å². The van der Waals surface area contributed by atoms with E-state index < -0.39 is 11.7 Å². The van der Waals surface area contributed by atoms with E-state index in [0.717, 1.165) is 22.9 Å². The Balaban J connectivity index is 1.50. The number of benzene rings is 2. The predicted octanol–water partition coefficient (Wildman–Crippen LogP) is 3.59. The van der Waals surface area contributed by atoms with E-state index in [4.69, 9.17) is 10.5 Å². The molecule has 180 valence electrons. The van der Waals surface area contributed by atoms with Crippen LogP contribution < -0.4 is 16.4 Å². The number of esters is 1. The minimum atomic E-state index is -0.633. The maximum atomic E-state index is 13.9. The highest BCUT2D eigenvalue weighted by Gasteiger charge is 2.27. The average Bonchev–Trinajstić information content (AvgIpc) is 3.28. The average molecular weight is 495 g/mol. The second-order valence-electron chi connectivity index (χ2n) is 7.77. The van der Waals surface area contributed by atoms with Gasteiger partial charge in [-0.1, -0.05) is 18.2 Å². The van der Waals surface area contributed by atoms with Gasteiger partial charge in [-0.15, -0.1) is 11.8 Å². The lowest BCUT2D eigenvalue weighted by Gasteiger charge is -2.13. The van der Waals surface area contributed by atoms with Crippen molar-refractivity contribution in [3.8, 4) is 11.1 Å². The van der Waals surface area contributed by atoms with E-state index in [1.54, 1.807) is 36.4 Å². The van der Waals surface area contributed by atoms with Crippen LogP contribution in [0, 0.1) is 5.82 Å². The topological polar surface area (TPSA) is 123 Å². The maximum Gasteiger partial charge on any atom is 0.319 e. The number of ether oxygens (including phenoxy) is 1. The number of anilines is 2. The number of rotatable bonds is 8. The number of hydrogen-bond acceptors (Lipinski definition) is 7. The lowest BCUT2D eigenvalue weighted by Crippen LogP contribution is -2.18. The Morgan fingerprint density at radius 1 is 1.17 bits per heavy atom. The first-order valence-electron chi connectivity index (χ1n) is 10.9. The van der Waals surface area contributed by atoms with Crippen molar-refractivity contribution in [2.75, 3.05) is 23.0 Å². The molecule has 4 N–H and O–H groups in total. The van der Waals surface area contributed by atoms with Gasteiger partial charge in [0.15, 0.2) is 5.82 Å². The monoisotopic (exact) mass is 494 g/mol. The lowest BCUT2D eigenvalue weighted by atomic mass is 9.96. The van der Waals surface area contributed by atoms with Crippen molar-refractivity contribution in [1.29, 1.82) is 0 Å². The van der Waals surface area contributed by atoms with E-state index in [2.05, 4.69) is 15.6 Å². The zero-order valence-corrected chi connectivity index (χ0v) is 19.4. The molecule has 10 heteroatoms. The third-order valence-corrected chi connectivity index (χ3v) is 6.63. The van der Waals surface area contributed by atoms with Gasteiger partial charge in [0, 0.05) is 30.4 Å².